The molecule has 0 amide bonds. The molecule has 1 aliphatic carbocycles. The van der Waals surface area contributed by atoms with Crippen molar-refractivity contribution >= 4 is 11.6 Å². The van der Waals surface area contributed by atoms with Crippen molar-refractivity contribution in [2.24, 2.45) is 13.0 Å². The molecular formula is C10H12N2O2. The van der Waals surface area contributed by atoms with Gasteiger partial charge in [-0.05, 0) is 6.42 Å². The normalized spacial score (nSPS) is 21.5. The van der Waals surface area contributed by atoms with E-state index in [-0.39, 0.29) is 17.5 Å². The van der Waals surface area contributed by atoms with Gasteiger partial charge in [0.1, 0.15) is 11.5 Å². The number of carbonyl (C=O) groups is 2. The van der Waals surface area contributed by atoms with Gasteiger partial charge in [-0.25, -0.2) is 4.98 Å². The van der Waals surface area contributed by atoms with Crippen LogP contribution in [0.15, 0.2) is 12.5 Å². The van der Waals surface area contributed by atoms with E-state index in [0.29, 0.717) is 25.0 Å². The fourth-order valence-corrected chi connectivity index (χ4v) is 1.79. The van der Waals surface area contributed by atoms with Crippen LogP contribution in [0.2, 0.25) is 0 Å². The molecule has 4 nitrogen and oxygen atoms in total. The third-order valence-electron chi connectivity index (χ3n) is 2.57. The van der Waals surface area contributed by atoms with Gasteiger partial charge in [0.2, 0.25) is 0 Å². The molecular weight excluding hydrogens is 180 g/mol. The predicted octanol–water partition coefficient (Wildman–Crippen LogP) is 0.972. The van der Waals surface area contributed by atoms with Gasteiger partial charge in [-0.15, -0.1) is 0 Å². The van der Waals surface area contributed by atoms with Crippen molar-refractivity contribution in [3.63, 3.8) is 0 Å². The second kappa shape index (κ2) is 3.36. The zero-order valence-electron chi connectivity index (χ0n) is 8.06. The summed E-state index contributed by atoms with van der Waals surface area (Å²) in [4.78, 5) is 26.8. The van der Waals surface area contributed by atoms with Crippen LogP contribution in [0.4, 0.5) is 0 Å². The lowest BCUT2D eigenvalue weighted by atomic mass is 10.0. The number of aromatic nitrogens is 2. The fraction of sp³-hybridized carbons (Fsp3) is 0.500. The van der Waals surface area contributed by atoms with Crippen LogP contribution in [0.25, 0.3) is 0 Å². The SMILES string of the molecule is Cn1cnc(C(=O)C2CCC(=O)C2)c1. The van der Waals surface area contributed by atoms with Gasteiger partial charge in [-0.3, -0.25) is 9.59 Å². The monoisotopic (exact) mass is 192 g/mol. The molecule has 2 rings (SSSR count). The largest absolute Gasteiger partial charge is 0.340 e. The number of nitrogens with zero attached hydrogens (tertiary/aromatic N) is 2. The van der Waals surface area contributed by atoms with E-state index in [1.807, 2.05) is 7.05 Å². The molecule has 0 bridgehead atoms. The number of imidazole rings is 1. The van der Waals surface area contributed by atoms with Crippen molar-refractivity contribution in [2.45, 2.75) is 19.3 Å². The Kier molecular flexibility index (Phi) is 2.19. The molecule has 1 aromatic heterocycles. The standard InChI is InChI=1S/C10H12N2O2/c1-12-5-9(11-6-12)10(14)7-2-3-8(13)4-7/h5-7H,2-4H2,1H3. The first-order chi connectivity index (χ1) is 6.66. The van der Waals surface area contributed by atoms with Gasteiger partial charge in [0.05, 0.1) is 6.33 Å². The van der Waals surface area contributed by atoms with Crippen LogP contribution in [-0.4, -0.2) is 21.1 Å². The summed E-state index contributed by atoms with van der Waals surface area (Å²) in [5, 5.41) is 0. The maximum atomic E-state index is 11.8. The molecule has 0 aromatic carbocycles. The molecule has 74 valence electrons. The minimum Gasteiger partial charge on any atom is -0.340 e. The van der Waals surface area contributed by atoms with Gasteiger partial charge in [0.15, 0.2) is 5.78 Å². The van der Waals surface area contributed by atoms with Crippen molar-refractivity contribution in [1.29, 1.82) is 0 Å². The Bertz CT molecular complexity index is 381. The maximum absolute atomic E-state index is 11.8. The Morgan fingerprint density at radius 2 is 2.43 bits per heavy atom. The van der Waals surface area contributed by atoms with Crippen LogP contribution in [-0.2, 0) is 11.8 Å². The Hall–Kier alpha value is -1.45. The molecule has 1 aliphatic rings. The van der Waals surface area contributed by atoms with E-state index in [2.05, 4.69) is 4.98 Å². The summed E-state index contributed by atoms with van der Waals surface area (Å²) < 4.78 is 1.74. The number of rotatable bonds is 2. The van der Waals surface area contributed by atoms with Crippen molar-refractivity contribution in [2.75, 3.05) is 0 Å². The number of ketones is 2. The second-order valence-electron chi connectivity index (χ2n) is 3.77. The van der Waals surface area contributed by atoms with Gasteiger partial charge in [-0.1, -0.05) is 0 Å². The van der Waals surface area contributed by atoms with E-state index in [9.17, 15) is 9.59 Å². The van der Waals surface area contributed by atoms with Crippen molar-refractivity contribution < 1.29 is 9.59 Å². The zero-order valence-corrected chi connectivity index (χ0v) is 8.06. The third kappa shape index (κ3) is 1.60. The number of Topliss-reactive ketones (excluding diaryl/α,β-unsaturated/α-hetero) is 2. The van der Waals surface area contributed by atoms with Gasteiger partial charge in [-0.2, -0.15) is 0 Å². The van der Waals surface area contributed by atoms with Crippen molar-refractivity contribution in [3.8, 4) is 0 Å². The Morgan fingerprint density at radius 1 is 1.64 bits per heavy atom. The van der Waals surface area contributed by atoms with Gasteiger partial charge in [0, 0.05) is 32.0 Å². The van der Waals surface area contributed by atoms with E-state index in [1.54, 1.807) is 17.1 Å². The molecule has 0 N–H and O–H groups in total. The molecule has 1 unspecified atom stereocenters. The average molecular weight is 192 g/mol. The van der Waals surface area contributed by atoms with Gasteiger partial charge >= 0.3 is 0 Å². The molecule has 4 heteroatoms. The highest BCUT2D eigenvalue weighted by Gasteiger charge is 2.29. The molecule has 0 saturated heterocycles. The third-order valence-corrected chi connectivity index (χ3v) is 2.57. The van der Waals surface area contributed by atoms with E-state index in [4.69, 9.17) is 0 Å². The van der Waals surface area contributed by atoms with Crippen LogP contribution in [0, 0.1) is 5.92 Å². The summed E-state index contributed by atoms with van der Waals surface area (Å²) in [6.45, 7) is 0. The zero-order chi connectivity index (χ0) is 10.1. The second-order valence-corrected chi connectivity index (χ2v) is 3.77. The number of hydrogen-bond acceptors (Lipinski definition) is 3. The molecule has 1 fully saturated rings. The summed E-state index contributed by atoms with van der Waals surface area (Å²) >= 11 is 0. The molecule has 0 aliphatic heterocycles. The lowest BCUT2D eigenvalue weighted by Gasteiger charge is -2.02. The van der Waals surface area contributed by atoms with E-state index in [1.165, 1.54) is 0 Å². The smallest absolute Gasteiger partial charge is 0.186 e. The van der Waals surface area contributed by atoms with Crippen molar-refractivity contribution in [1.82, 2.24) is 9.55 Å². The van der Waals surface area contributed by atoms with Crippen LogP contribution in [0.5, 0.6) is 0 Å². The maximum Gasteiger partial charge on any atom is 0.186 e. The predicted molar refractivity (Wildman–Crippen MR) is 49.9 cm³/mol. The van der Waals surface area contributed by atoms with Crippen LogP contribution < -0.4 is 0 Å². The molecule has 0 spiro atoms. The first-order valence-electron chi connectivity index (χ1n) is 4.70. The van der Waals surface area contributed by atoms with Crippen LogP contribution in [0.1, 0.15) is 29.8 Å². The summed E-state index contributed by atoms with van der Waals surface area (Å²) in [6, 6.07) is 0. The quantitative estimate of drug-likeness (QED) is 0.656. The average Bonchev–Trinajstić information content (AvgIpc) is 2.73. The van der Waals surface area contributed by atoms with E-state index >= 15 is 0 Å². The minimum absolute atomic E-state index is 0.0106. The highest BCUT2D eigenvalue weighted by molar-refractivity contribution is 6.00. The number of carbonyl (C=O) groups excluding carboxylic acids is 2. The fourth-order valence-electron chi connectivity index (χ4n) is 1.79. The first kappa shape index (κ1) is 9.12. The summed E-state index contributed by atoms with van der Waals surface area (Å²) in [7, 11) is 1.82. The van der Waals surface area contributed by atoms with Gasteiger partial charge < -0.3 is 4.57 Å². The van der Waals surface area contributed by atoms with Crippen LogP contribution in [0.3, 0.4) is 0 Å². The summed E-state index contributed by atoms with van der Waals surface area (Å²) in [6.07, 6.45) is 4.93. The highest BCUT2D eigenvalue weighted by atomic mass is 16.1. The summed E-state index contributed by atoms with van der Waals surface area (Å²) in [5.74, 6) is 0.0770. The number of aryl methyl sites for hydroxylation is 1. The molecule has 0 radical (unpaired) electrons. The van der Waals surface area contributed by atoms with Gasteiger partial charge in [0.25, 0.3) is 0 Å². The molecule has 1 heterocycles. The highest BCUT2D eigenvalue weighted by Crippen LogP contribution is 2.24. The molecule has 1 atom stereocenters. The van der Waals surface area contributed by atoms with E-state index < -0.39 is 0 Å². The van der Waals surface area contributed by atoms with Crippen LogP contribution >= 0.6 is 0 Å². The topological polar surface area (TPSA) is 52.0 Å². The Labute approximate surface area is 81.9 Å². The lowest BCUT2D eigenvalue weighted by molar-refractivity contribution is -0.117. The van der Waals surface area contributed by atoms with E-state index in [0.717, 1.165) is 0 Å². The first-order valence-corrected chi connectivity index (χ1v) is 4.70. The Balaban J connectivity index is 2.12. The molecule has 1 saturated carbocycles. The molecule has 1 aromatic rings. The lowest BCUT2D eigenvalue weighted by Crippen LogP contribution is -2.12. The van der Waals surface area contributed by atoms with Crippen molar-refractivity contribution in [3.05, 3.63) is 18.2 Å². The Morgan fingerprint density at radius 3 is 2.93 bits per heavy atom. The number of hydrogen-bond donors (Lipinski definition) is 0. The molecule has 14 heavy (non-hydrogen) atoms. The summed E-state index contributed by atoms with van der Waals surface area (Å²) in [5.41, 5.74) is 0.479. The minimum atomic E-state index is -0.127.